The van der Waals surface area contributed by atoms with Crippen molar-refractivity contribution in [3.05, 3.63) is 101 Å². The molecule has 0 aliphatic rings. The fraction of sp³-hybridized carbons (Fsp3) is 0.143. The van der Waals surface area contributed by atoms with Gasteiger partial charge in [-0.3, -0.25) is 9.59 Å². The normalized spacial score (nSPS) is 11.3. The molecule has 2 N–H and O–H groups in total. The van der Waals surface area contributed by atoms with Crippen molar-refractivity contribution in [3.63, 3.8) is 0 Å². The average Bonchev–Trinajstić information content (AvgIpc) is 3.34. The van der Waals surface area contributed by atoms with Crippen LogP contribution in [0.25, 0.3) is 5.69 Å². The van der Waals surface area contributed by atoms with Crippen LogP contribution in [0.1, 0.15) is 34.6 Å². The smallest absolute Gasteiger partial charge is 0.340 e. The molecule has 0 radical (unpaired) electrons. The number of nitrogens with zero attached hydrogens (tertiary/aromatic N) is 2. The Morgan fingerprint density at radius 3 is 2.32 bits per heavy atom. The molecule has 9 nitrogen and oxygen atoms in total. The highest BCUT2D eigenvalue weighted by Gasteiger charge is 2.25. The van der Waals surface area contributed by atoms with Gasteiger partial charge < -0.3 is 20.1 Å². The molecule has 1 atom stereocenters. The zero-order valence-electron chi connectivity index (χ0n) is 20.7. The number of esters is 1. The summed E-state index contributed by atoms with van der Waals surface area (Å²) < 4.78 is 12.3. The lowest BCUT2D eigenvalue weighted by Crippen LogP contribution is -2.31. The van der Waals surface area contributed by atoms with Gasteiger partial charge in [-0.15, -0.1) is 0 Å². The van der Waals surface area contributed by atoms with E-state index < -0.39 is 23.9 Å². The maximum atomic E-state index is 13.4. The number of carbonyl (C=O) groups excluding carboxylic acids is 3. The number of carbonyl (C=O) groups is 3. The Labute approximate surface area is 224 Å². The minimum Gasteiger partial charge on any atom is -0.481 e. The van der Waals surface area contributed by atoms with Crippen molar-refractivity contribution >= 4 is 40.9 Å². The van der Waals surface area contributed by atoms with Crippen LogP contribution >= 0.6 is 11.6 Å². The first kappa shape index (κ1) is 26.4. The van der Waals surface area contributed by atoms with E-state index in [-0.39, 0.29) is 29.2 Å². The molecule has 38 heavy (non-hydrogen) atoms. The van der Waals surface area contributed by atoms with Crippen LogP contribution in [0.15, 0.2) is 85.1 Å². The number of amides is 2. The lowest BCUT2D eigenvalue weighted by molar-refractivity contribution is -0.122. The number of anilines is 2. The summed E-state index contributed by atoms with van der Waals surface area (Å²) in [5.41, 5.74) is 1.17. The molecule has 0 spiro atoms. The largest absolute Gasteiger partial charge is 0.481 e. The van der Waals surface area contributed by atoms with Crippen LogP contribution in [-0.2, 0) is 9.53 Å². The lowest BCUT2D eigenvalue weighted by Gasteiger charge is -2.17. The first-order valence-electron chi connectivity index (χ1n) is 11.8. The summed E-state index contributed by atoms with van der Waals surface area (Å²) >= 11 is 5.92. The molecule has 0 saturated carbocycles. The van der Waals surface area contributed by atoms with Crippen LogP contribution in [0.5, 0.6) is 5.75 Å². The average molecular weight is 533 g/mol. The molecule has 0 saturated heterocycles. The Bertz CT molecular complexity index is 1440. The van der Waals surface area contributed by atoms with E-state index in [0.717, 1.165) is 0 Å². The second-order valence-corrected chi connectivity index (χ2v) is 8.51. The first-order chi connectivity index (χ1) is 18.4. The highest BCUT2D eigenvalue weighted by atomic mass is 35.5. The quantitative estimate of drug-likeness (QED) is 0.281. The second-order valence-electron chi connectivity index (χ2n) is 8.08. The maximum absolute atomic E-state index is 13.4. The number of para-hydroxylation sites is 2. The van der Waals surface area contributed by atoms with E-state index in [1.165, 1.54) is 10.9 Å². The fourth-order valence-electron chi connectivity index (χ4n) is 3.56. The molecular formula is C28H25ClN4O5. The summed E-state index contributed by atoms with van der Waals surface area (Å²) in [6.07, 6.45) is 0.436. The number of aromatic nitrogens is 2. The summed E-state index contributed by atoms with van der Waals surface area (Å²) in [6.45, 7) is 3.48. The maximum Gasteiger partial charge on any atom is 0.340 e. The Balaban J connectivity index is 1.62. The number of ether oxygens (including phenoxy) is 2. The lowest BCUT2D eigenvalue weighted by atomic mass is 10.1. The Hall–Kier alpha value is -4.63. The highest BCUT2D eigenvalue weighted by Crippen LogP contribution is 2.24. The molecule has 10 heteroatoms. The predicted octanol–water partition coefficient (Wildman–Crippen LogP) is 5.36. The molecule has 194 valence electrons. The Morgan fingerprint density at radius 1 is 0.921 bits per heavy atom. The van der Waals surface area contributed by atoms with E-state index in [4.69, 9.17) is 21.1 Å². The standard InChI is InChI=1S/C28H25ClN4O5/c1-3-37-28(36)22-11-7-8-12-24(22)31-27(35)23-17-30-33(20-9-5-4-6-10-20)25(23)32-26(34)18(2)38-21-15-13-19(29)14-16-21/h4-18H,3H2,1-2H3,(H,31,35)(H,32,34)/t18-/m1/s1. The van der Waals surface area contributed by atoms with Crippen LogP contribution in [0.4, 0.5) is 11.5 Å². The monoisotopic (exact) mass is 532 g/mol. The molecule has 1 aromatic heterocycles. The van der Waals surface area contributed by atoms with Gasteiger partial charge in [0, 0.05) is 5.02 Å². The molecule has 4 aromatic rings. The third kappa shape index (κ3) is 6.19. The van der Waals surface area contributed by atoms with Crippen LogP contribution in [-0.4, -0.2) is 40.3 Å². The van der Waals surface area contributed by atoms with E-state index >= 15 is 0 Å². The van der Waals surface area contributed by atoms with Gasteiger partial charge in [-0.1, -0.05) is 41.9 Å². The second kappa shape index (κ2) is 12.1. The third-order valence-electron chi connectivity index (χ3n) is 5.42. The van der Waals surface area contributed by atoms with Crippen LogP contribution in [0, 0.1) is 0 Å². The van der Waals surface area contributed by atoms with Crippen molar-refractivity contribution in [1.82, 2.24) is 9.78 Å². The molecule has 4 rings (SSSR count). The number of benzene rings is 3. The van der Waals surface area contributed by atoms with Gasteiger partial charge in [0.05, 0.1) is 29.7 Å². The zero-order chi connectivity index (χ0) is 27.1. The molecule has 0 aliphatic heterocycles. The minimum atomic E-state index is -0.907. The van der Waals surface area contributed by atoms with Gasteiger partial charge >= 0.3 is 5.97 Å². The van der Waals surface area contributed by atoms with E-state index in [2.05, 4.69) is 15.7 Å². The van der Waals surface area contributed by atoms with Crippen LogP contribution < -0.4 is 15.4 Å². The summed E-state index contributed by atoms with van der Waals surface area (Å²) in [6, 6.07) is 22.1. The summed E-state index contributed by atoms with van der Waals surface area (Å²) in [5, 5.41) is 10.4. The van der Waals surface area contributed by atoms with Crippen LogP contribution in [0.2, 0.25) is 5.02 Å². The van der Waals surface area contributed by atoms with Crippen molar-refractivity contribution in [3.8, 4) is 11.4 Å². The molecule has 0 bridgehead atoms. The van der Waals surface area contributed by atoms with Crippen molar-refractivity contribution in [1.29, 1.82) is 0 Å². The van der Waals surface area contributed by atoms with Gasteiger partial charge in [0.15, 0.2) is 6.10 Å². The fourth-order valence-corrected chi connectivity index (χ4v) is 3.68. The minimum absolute atomic E-state index is 0.0829. The van der Waals surface area contributed by atoms with E-state index in [0.29, 0.717) is 16.5 Å². The number of hydrogen-bond acceptors (Lipinski definition) is 6. The Kier molecular flexibility index (Phi) is 8.40. The topological polar surface area (TPSA) is 112 Å². The molecular weight excluding hydrogens is 508 g/mol. The number of hydrogen-bond donors (Lipinski definition) is 2. The van der Waals surface area contributed by atoms with Crippen molar-refractivity contribution in [2.45, 2.75) is 20.0 Å². The summed E-state index contributed by atoms with van der Waals surface area (Å²) in [4.78, 5) is 38.9. The zero-order valence-corrected chi connectivity index (χ0v) is 21.4. The van der Waals surface area contributed by atoms with Gasteiger partial charge in [-0.25, -0.2) is 9.48 Å². The molecule has 0 fully saturated rings. The van der Waals surface area contributed by atoms with Crippen molar-refractivity contribution < 1.29 is 23.9 Å². The van der Waals surface area contributed by atoms with Gasteiger partial charge in [0.25, 0.3) is 11.8 Å². The molecule has 0 unspecified atom stereocenters. The van der Waals surface area contributed by atoms with E-state index in [9.17, 15) is 14.4 Å². The molecule has 1 heterocycles. The van der Waals surface area contributed by atoms with Crippen molar-refractivity contribution in [2.24, 2.45) is 0 Å². The number of rotatable bonds is 9. The highest BCUT2D eigenvalue weighted by molar-refractivity contribution is 6.30. The predicted molar refractivity (Wildman–Crippen MR) is 144 cm³/mol. The third-order valence-corrected chi connectivity index (χ3v) is 5.67. The van der Waals surface area contributed by atoms with Gasteiger partial charge in [-0.05, 0) is 62.4 Å². The molecule has 0 aliphatic carbocycles. The summed E-state index contributed by atoms with van der Waals surface area (Å²) in [5.74, 6) is -1.05. The molecule has 3 aromatic carbocycles. The molecule has 2 amide bonds. The van der Waals surface area contributed by atoms with Crippen molar-refractivity contribution in [2.75, 3.05) is 17.2 Å². The summed E-state index contributed by atoms with van der Waals surface area (Å²) in [7, 11) is 0. The van der Waals surface area contributed by atoms with E-state index in [1.807, 2.05) is 18.2 Å². The number of halogens is 1. The Morgan fingerprint density at radius 2 is 1.61 bits per heavy atom. The van der Waals surface area contributed by atoms with Gasteiger partial charge in [0.1, 0.15) is 17.1 Å². The van der Waals surface area contributed by atoms with Gasteiger partial charge in [-0.2, -0.15) is 5.10 Å². The van der Waals surface area contributed by atoms with Gasteiger partial charge in [0.2, 0.25) is 0 Å². The SMILES string of the molecule is CCOC(=O)c1ccccc1NC(=O)c1cnn(-c2ccccc2)c1NC(=O)[C@@H](C)Oc1ccc(Cl)cc1. The van der Waals surface area contributed by atoms with Crippen LogP contribution in [0.3, 0.4) is 0 Å². The number of nitrogens with one attached hydrogen (secondary N) is 2. The first-order valence-corrected chi connectivity index (χ1v) is 12.2. The van der Waals surface area contributed by atoms with E-state index in [1.54, 1.807) is 74.5 Å².